The van der Waals surface area contributed by atoms with Crippen LogP contribution in [0.5, 0.6) is 0 Å². The highest BCUT2D eigenvalue weighted by Gasteiger charge is 2.24. The number of halogens is 1. The van der Waals surface area contributed by atoms with E-state index in [9.17, 15) is 14.0 Å². The minimum absolute atomic E-state index is 0.0103. The molecular formula is C24H25FN4O4. The molecule has 0 atom stereocenters. The van der Waals surface area contributed by atoms with Gasteiger partial charge >= 0.3 is 23.8 Å². The number of rotatable bonds is 7. The molecule has 2 aromatic carbocycles. The first-order valence-corrected chi connectivity index (χ1v) is 10.8. The fourth-order valence-electron chi connectivity index (χ4n) is 4.10. The Bertz CT molecular complexity index is 1110. The van der Waals surface area contributed by atoms with Crippen LogP contribution in [-0.4, -0.2) is 29.2 Å². The molecule has 1 heterocycles. The molecule has 0 spiro atoms. The van der Waals surface area contributed by atoms with Gasteiger partial charge in [0.2, 0.25) is 0 Å². The summed E-state index contributed by atoms with van der Waals surface area (Å²) in [6.45, 7) is 0. The number of benzene rings is 2. The lowest BCUT2D eigenvalue weighted by Crippen LogP contribution is -2.17. The zero-order valence-corrected chi connectivity index (χ0v) is 18.2. The molecule has 1 aliphatic carbocycles. The highest BCUT2D eigenvalue weighted by Crippen LogP contribution is 2.37. The van der Waals surface area contributed by atoms with Crippen molar-refractivity contribution in [1.82, 2.24) is 10.2 Å². The molecular weight excluding hydrogens is 427 g/mol. The van der Waals surface area contributed by atoms with Gasteiger partial charge < -0.3 is 19.8 Å². The van der Waals surface area contributed by atoms with Crippen molar-refractivity contribution in [3.8, 4) is 0 Å². The topological polar surface area (TPSA) is 106 Å². The van der Waals surface area contributed by atoms with Crippen LogP contribution < -0.4 is 10.6 Å². The van der Waals surface area contributed by atoms with Gasteiger partial charge in [-0.15, -0.1) is 5.10 Å². The number of nitrogens with zero attached hydrogens (tertiary/aromatic N) is 2. The van der Waals surface area contributed by atoms with E-state index in [-0.39, 0.29) is 17.9 Å². The Kier molecular flexibility index (Phi) is 6.97. The third kappa shape index (κ3) is 5.94. The molecule has 0 aliphatic heterocycles. The van der Waals surface area contributed by atoms with Gasteiger partial charge in [-0.1, -0.05) is 23.3 Å². The third-order valence-electron chi connectivity index (χ3n) is 5.86. The highest BCUT2D eigenvalue weighted by atomic mass is 19.1. The fourth-order valence-corrected chi connectivity index (χ4v) is 4.10. The number of carbonyl (C=O) groups excluding carboxylic acids is 2. The minimum Gasteiger partial charge on any atom is -0.469 e. The first-order chi connectivity index (χ1) is 16.0. The number of hydrogen-bond donors (Lipinski definition) is 2. The molecule has 0 radical (unpaired) electrons. The summed E-state index contributed by atoms with van der Waals surface area (Å²) in [7, 11) is 1.43. The third-order valence-corrected chi connectivity index (χ3v) is 5.86. The Morgan fingerprint density at radius 2 is 1.82 bits per heavy atom. The number of carbonyl (C=O) groups is 2. The summed E-state index contributed by atoms with van der Waals surface area (Å²) in [6, 6.07) is 13.5. The number of esters is 1. The van der Waals surface area contributed by atoms with Gasteiger partial charge in [0.25, 0.3) is 0 Å². The Balaban J connectivity index is 1.30. The van der Waals surface area contributed by atoms with E-state index in [0.29, 0.717) is 29.6 Å². The summed E-state index contributed by atoms with van der Waals surface area (Å²) >= 11 is 0. The van der Waals surface area contributed by atoms with E-state index in [4.69, 9.17) is 9.15 Å². The maximum absolute atomic E-state index is 13.3. The van der Waals surface area contributed by atoms with E-state index in [0.717, 1.165) is 25.7 Å². The second-order valence-corrected chi connectivity index (χ2v) is 8.12. The van der Waals surface area contributed by atoms with Crippen LogP contribution in [0.15, 0.2) is 52.9 Å². The van der Waals surface area contributed by atoms with Crippen molar-refractivity contribution in [3.63, 3.8) is 0 Å². The zero-order valence-electron chi connectivity index (χ0n) is 18.2. The van der Waals surface area contributed by atoms with Crippen molar-refractivity contribution in [2.24, 2.45) is 5.92 Å². The monoisotopic (exact) mass is 452 g/mol. The lowest BCUT2D eigenvalue weighted by molar-refractivity contribution is -0.142. The molecule has 8 nitrogen and oxygen atoms in total. The predicted octanol–water partition coefficient (Wildman–Crippen LogP) is 5.04. The van der Waals surface area contributed by atoms with Crippen LogP contribution in [-0.2, 0) is 9.53 Å². The van der Waals surface area contributed by atoms with Crippen LogP contribution in [0.25, 0.3) is 0 Å². The maximum atomic E-state index is 13.3. The van der Waals surface area contributed by atoms with E-state index in [1.807, 2.05) is 24.3 Å². The average Bonchev–Trinajstić information content (AvgIpc) is 3.29. The number of methoxy groups -OCH3 is 1. The fraction of sp³-hybridized carbons (Fsp3) is 0.333. The number of hydrogen-bond acceptors (Lipinski definition) is 7. The van der Waals surface area contributed by atoms with Crippen molar-refractivity contribution >= 4 is 29.3 Å². The van der Waals surface area contributed by atoms with Gasteiger partial charge in [-0.3, -0.25) is 9.59 Å². The van der Waals surface area contributed by atoms with Gasteiger partial charge in [-0.25, -0.2) is 4.39 Å². The minimum atomic E-state index is -0.536. The highest BCUT2D eigenvalue weighted by molar-refractivity contribution is 6.00. The van der Waals surface area contributed by atoms with Gasteiger partial charge in [0.15, 0.2) is 0 Å². The molecule has 2 N–H and O–H groups in total. The molecule has 33 heavy (non-hydrogen) atoms. The Morgan fingerprint density at radius 1 is 1.06 bits per heavy atom. The molecule has 0 unspecified atom stereocenters. The Hall–Kier alpha value is -3.75. The van der Waals surface area contributed by atoms with Crippen LogP contribution in [0, 0.1) is 11.7 Å². The summed E-state index contributed by atoms with van der Waals surface area (Å²) in [4.78, 5) is 23.9. The molecule has 1 saturated carbocycles. The van der Waals surface area contributed by atoms with Crippen LogP contribution >= 0.6 is 0 Å². The van der Waals surface area contributed by atoms with E-state index in [1.165, 1.54) is 24.8 Å². The molecule has 0 bridgehead atoms. The van der Waals surface area contributed by atoms with Crippen LogP contribution in [0.3, 0.4) is 0 Å². The Labute approximate surface area is 190 Å². The number of ether oxygens (including phenoxy) is 1. The van der Waals surface area contributed by atoms with Gasteiger partial charge in [-0.05, 0) is 73.4 Å². The molecule has 1 amide bonds. The van der Waals surface area contributed by atoms with Gasteiger partial charge in [0, 0.05) is 17.8 Å². The van der Waals surface area contributed by atoms with Crippen molar-refractivity contribution in [2.75, 3.05) is 17.7 Å². The van der Waals surface area contributed by atoms with Crippen LogP contribution in [0.4, 0.5) is 21.8 Å². The van der Waals surface area contributed by atoms with Gasteiger partial charge in [-0.2, -0.15) is 0 Å². The summed E-state index contributed by atoms with van der Waals surface area (Å²) in [5, 5.41) is 13.0. The molecule has 1 aliphatic rings. The number of nitrogens with one attached hydrogen (secondary N) is 2. The SMILES string of the molecule is COC(=O)CC1CCC(c2ccc(NC(=O)c3nnc(Nc4cccc(F)c4)o3)cc2)CC1. The maximum Gasteiger partial charge on any atom is 0.320 e. The first-order valence-electron chi connectivity index (χ1n) is 10.8. The molecule has 4 rings (SSSR count). The second-order valence-electron chi connectivity index (χ2n) is 8.12. The average molecular weight is 452 g/mol. The second kappa shape index (κ2) is 10.2. The van der Waals surface area contributed by atoms with Gasteiger partial charge in [0.1, 0.15) is 5.82 Å². The standard InChI is InChI=1S/C24H25FN4O4/c1-32-21(30)13-15-5-7-16(8-6-15)17-9-11-19(12-10-17)26-22(31)23-28-29-24(33-23)27-20-4-2-3-18(25)14-20/h2-4,9-12,14-16H,5-8,13H2,1H3,(H,26,31)(H,27,29). The molecule has 9 heteroatoms. The van der Waals surface area contributed by atoms with Crippen LogP contribution in [0.1, 0.15) is 54.3 Å². The summed E-state index contributed by atoms with van der Waals surface area (Å²) < 4.78 is 23.4. The molecule has 1 fully saturated rings. The van der Waals surface area contributed by atoms with E-state index >= 15 is 0 Å². The quantitative estimate of drug-likeness (QED) is 0.484. The molecule has 0 saturated heterocycles. The zero-order chi connectivity index (χ0) is 23.2. The lowest BCUT2D eigenvalue weighted by Gasteiger charge is -2.28. The van der Waals surface area contributed by atoms with Crippen LogP contribution in [0.2, 0.25) is 0 Å². The lowest BCUT2D eigenvalue weighted by atomic mass is 9.77. The van der Waals surface area contributed by atoms with E-state index in [2.05, 4.69) is 20.8 Å². The first kappa shape index (κ1) is 22.4. The molecule has 3 aromatic rings. The number of aromatic nitrogens is 2. The number of anilines is 3. The largest absolute Gasteiger partial charge is 0.469 e. The van der Waals surface area contributed by atoms with E-state index < -0.39 is 11.7 Å². The normalized spacial score (nSPS) is 17.9. The summed E-state index contributed by atoms with van der Waals surface area (Å²) in [6.07, 6.45) is 4.54. The number of amides is 1. The predicted molar refractivity (Wildman–Crippen MR) is 120 cm³/mol. The van der Waals surface area contributed by atoms with Crippen molar-refractivity contribution in [3.05, 3.63) is 65.8 Å². The van der Waals surface area contributed by atoms with Crippen molar-refractivity contribution in [1.29, 1.82) is 0 Å². The van der Waals surface area contributed by atoms with Gasteiger partial charge in [0.05, 0.1) is 7.11 Å². The van der Waals surface area contributed by atoms with E-state index in [1.54, 1.807) is 12.1 Å². The summed E-state index contributed by atoms with van der Waals surface area (Å²) in [5.41, 5.74) is 2.25. The molecule has 172 valence electrons. The smallest absolute Gasteiger partial charge is 0.320 e. The molecule has 1 aromatic heterocycles. The summed E-state index contributed by atoms with van der Waals surface area (Å²) in [5.74, 6) is -0.461. The van der Waals surface area contributed by atoms with Crippen molar-refractivity contribution < 1.29 is 23.1 Å². The van der Waals surface area contributed by atoms with Crippen molar-refractivity contribution in [2.45, 2.75) is 38.0 Å². The Morgan fingerprint density at radius 3 is 2.52 bits per heavy atom.